The molecule has 0 unspecified atom stereocenters. The first-order chi connectivity index (χ1) is 15.3. The molecule has 0 atom stereocenters. The van der Waals surface area contributed by atoms with Crippen LogP contribution in [0.2, 0.25) is 0 Å². The number of halogens is 3. The molecule has 5 nitrogen and oxygen atoms in total. The fourth-order valence-corrected chi connectivity index (χ4v) is 4.14. The monoisotopic (exact) mass is 457 g/mol. The number of rotatable bonds is 6. The second kappa shape index (κ2) is 8.96. The smallest absolute Gasteiger partial charge is 0.416 e. The lowest BCUT2D eigenvalue weighted by Crippen LogP contribution is -2.30. The number of amides is 1. The van der Waals surface area contributed by atoms with Crippen molar-refractivity contribution in [1.29, 1.82) is 0 Å². The number of carbonyl (C=O) groups excluding carboxylic acids is 1. The molecule has 4 aromatic rings. The molecule has 0 aliphatic carbocycles. The zero-order valence-electron chi connectivity index (χ0n) is 17.0. The number of aromatic nitrogens is 2. The Kier molecular flexibility index (Phi) is 6.09. The summed E-state index contributed by atoms with van der Waals surface area (Å²) in [5, 5.41) is 0.375. The van der Waals surface area contributed by atoms with Gasteiger partial charge in [-0.05, 0) is 55.0 Å². The highest BCUT2D eigenvalue weighted by Gasteiger charge is 2.32. The van der Waals surface area contributed by atoms with Gasteiger partial charge >= 0.3 is 6.18 Å². The van der Waals surface area contributed by atoms with E-state index < -0.39 is 17.6 Å². The van der Waals surface area contributed by atoms with Gasteiger partial charge in [0.15, 0.2) is 5.13 Å². The lowest BCUT2D eigenvalue weighted by molar-refractivity contribution is -0.137. The van der Waals surface area contributed by atoms with Crippen LogP contribution in [0.4, 0.5) is 18.3 Å². The van der Waals surface area contributed by atoms with Gasteiger partial charge in [0.2, 0.25) is 0 Å². The summed E-state index contributed by atoms with van der Waals surface area (Å²) in [7, 11) is 0. The van der Waals surface area contributed by atoms with E-state index in [2.05, 4.69) is 9.97 Å². The van der Waals surface area contributed by atoms with Crippen molar-refractivity contribution in [3.63, 3.8) is 0 Å². The molecule has 0 fully saturated rings. The molecule has 0 aliphatic heterocycles. The number of hydrogen-bond acceptors (Lipinski definition) is 5. The van der Waals surface area contributed by atoms with Crippen LogP contribution in [-0.4, -0.2) is 22.5 Å². The van der Waals surface area contributed by atoms with Gasteiger partial charge in [-0.15, -0.1) is 0 Å². The van der Waals surface area contributed by atoms with Gasteiger partial charge in [0.1, 0.15) is 5.75 Å². The highest BCUT2D eigenvalue weighted by Crippen LogP contribution is 2.34. The van der Waals surface area contributed by atoms with Crippen LogP contribution in [0.25, 0.3) is 10.2 Å². The normalized spacial score (nSPS) is 11.5. The molecule has 32 heavy (non-hydrogen) atoms. The van der Waals surface area contributed by atoms with Crippen LogP contribution in [0, 0.1) is 0 Å². The van der Waals surface area contributed by atoms with Crippen molar-refractivity contribution < 1.29 is 22.7 Å². The first-order valence-corrected chi connectivity index (χ1v) is 10.6. The molecule has 2 aromatic carbocycles. The minimum absolute atomic E-state index is 0.0713. The van der Waals surface area contributed by atoms with Gasteiger partial charge in [-0.25, -0.2) is 4.98 Å². The molecule has 2 heterocycles. The van der Waals surface area contributed by atoms with Crippen LogP contribution >= 0.6 is 11.3 Å². The number of ether oxygens (including phenoxy) is 1. The highest BCUT2D eigenvalue weighted by molar-refractivity contribution is 7.22. The van der Waals surface area contributed by atoms with E-state index in [1.54, 1.807) is 36.7 Å². The molecule has 0 radical (unpaired) electrons. The molecule has 0 saturated heterocycles. The number of pyridine rings is 1. The van der Waals surface area contributed by atoms with E-state index in [1.807, 2.05) is 13.0 Å². The van der Waals surface area contributed by atoms with E-state index >= 15 is 0 Å². The third kappa shape index (κ3) is 4.72. The molecule has 0 saturated carbocycles. The molecule has 0 spiro atoms. The van der Waals surface area contributed by atoms with E-state index in [0.29, 0.717) is 23.0 Å². The number of fused-ring (bicyclic) bond motifs is 1. The first kappa shape index (κ1) is 21.8. The topological polar surface area (TPSA) is 55.3 Å². The van der Waals surface area contributed by atoms with E-state index in [1.165, 1.54) is 28.4 Å². The summed E-state index contributed by atoms with van der Waals surface area (Å²) >= 11 is 1.27. The van der Waals surface area contributed by atoms with Crippen LogP contribution < -0.4 is 9.64 Å². The maximum Gasteiger partial charge on any atom is 0.416 e. The summed E-state index contributed by atoms with van der Waals surface area (Å²) in [5.74, 6) is 0.0993. The van der Waals surface area contributed by atoms with Gasteiger partial charge in [0.05, 0.1) is 28.9 Å². The SMILES string of the molecule is CCOc1ccc2nc(N(Cc3cccnc3)C(=O)c3cccc(C(F)(F)F)c3)sc2c1. The van der Waals surface area contributed by atoms with Crippen molar-refractivity contribution in [2.24, 2.45) is 0 Å². The number of thiazole rings is 1. The van der Waals surface area contributed by atoms with Crippen molar-refractivity contribution in [3.05, 3.63) is 83.7 Å². The Balaban J connectivity index is 1.75. The minimum Gasteiger partial charge on any atom is -0.494 e. The van der Waals surface area contributed by atoms with Gasteiger partial charge in [-0.3, -0.25) is 14.7 Å². The van der Waals surface area contributed by atoms with Gasteiger partial charge in [-0.2, -0.15) is 13.2 Å². The largest absolute Gasteiger partial charge is 0.494 e. The molecular weight excluding hydrogens is 439 g/mol. The van der Waals surface area contributed by atoms with Crippen LogP contribution in [0.5, 0.6) is 5.75 Å². The van der Waals surface area contributed by atoms with Crippen LogP contribution in [-0.2, 0) is 12.7 Å². The van der Waals surface area contributed by atoms with Gasteiger partial charge in [0.25, 0.3) is 5.91 Å². The van der Waals surface area contributed by atoms with Crippen molar-refractivity contribution in [2.75, 3.05) is 11.5 Å². The maximum atomic E-state index is 13.4. The predicted molar refractivity (Wildman–Crippen MR) is 117 cm³/mol. The summed E-state index contributed by atoms with van der Waals surface area (Å²) < 4.78 is 45.9. The van der Waals surface area contributed by atoms with Gasteiger partial charge in [0, 0.05) is 18.0 Å². The van der Waals surface area contributed by atoms with Gasteiger partial charge < -0.3 is 4.74 Å². The molecule has 2 aromatic heterocycles. The number of benzene rings is 2. The van der Waals surface area contributed by atoms with E-state index in [4.69, 9.17) is 4.74 Å². The summed E-state index contributed by atoms with van der Waals surface area (Å²) in [6.07, 6.45) is -1.33. The van der Waals surface area contributed by atoms with Crippen LogP contribution in [0.1, 0.15) is 28.4 Å². The number of hydrogen-bond donors (Lipinski definition) is 0. The Bertz CT molecular complexity index is 1240. The Labute approximate surface area is 186 Å². The van der Waals surface area contributed by atoms with E-state index in [-0.39, 0.29) is 12.1 Å². The van der Waals surface area contributed by atoms with Crippen LogP contribution in [0.15, 0.2) is 67.0 Å². The van der Waals surface area contributed by atoms with E-state index in [9.17, 15) is 18.0 Å². The molecule has 0 aliphatic rings. The molecule has 0 N–H and O–H groups in total. The quantitative estimate of drug-likeness (QED) is 0.359. The average molecular weight is 457 g/mol. The summed E-state index contributed by atoms with van der Waals surface area (Å²) in [6.45, 7) is 2.51. The number of carbonyl (C=O) groups is 1. The van der Waals surface area contributed by atoms with Crippen molar-refractivity contribution in [1.82, 2.24) is 9.97 Å². The zero-order valence-corrected chi connectivity index (χ0v) is 17.8. The highest BCUT2D eigenvalue weighted by atomic mass is 32.1. The van der Waals surface area contributed by atoms with Crippen molar-refractivity contribution in [2.45, 2.75) is 19.6 Å². The number of anilines is 1. The zero-order chi connectivity index (χ0) is 22.7. The van der Waals surface area contributed by atoms with Crippen molar-refractivity contribution in [3.8, 4) is 5.75 Å². The number of nitrogens with zero attached hydrogens (tertiary/aromatic N) is 3. The average Bonchev–Trinajstić information content (AvgIpc) is 3.20. The third-order valence-corrected chi connectivity index (χ3v) is 5.68. The first-order valence-electron chi connectivity index (χ1n) is 9.76. The molecular formula is C23H18F3N3O2S. The standard InChI is InChI=1S/C23H18F3N3O2S/c1-2-31-18-8-9-19-20(12-18)32-22(28-19)29(14-15-5-4-10-27-13-15)21(30)16-6-3-7-17(11-16)23(24,25)26/h3-13H,2,14H2,1H3. The fourth-order valence-electron chi connectivity index (χ4n) is 3.15. The molecule has 9 heteroatoms. The fraction of sp³-hybridized carbons (Fsp3) is 0.174. The lowest BCUT2D eigenvalue weighted by atomic mass is 10.1. The molecule has 0 bridgehead atoms. The van der Waals surface area contributed by atoms with Crippen molar-refractivity contribution >= 4 is 32.6 Å². The second-order valence-corrected chi connectivity index (χ2v) is 7.90. The minimum atomic E-state index is -4.55. The number of alkyl halides is 3. The molecule has 4 rings (SSSR count). The lowest BCUT2D eigenvalue weighted by Gasteiger charge is -2.20. The summed E-state index contributed by atoms with van der Waals surface area (Å²) in [4.78, 5) is 23.3. The second-order valence-electron chi connectivity index (χ2n) is 6.89. The molecule has 1 amide bonds. The Morgan fingerprint density at radius 2 is 1.97 bits per heavy atom. The summed E-state index contributed by atoms with van der Waals surface area (Å²) in [6, 6.07) is 13.3. The Morgan fingerprint density at radius 3 is 2.69 bits per heavy atom. The van der Waals surface area contributed by atoms with Crippen LogP contribution in [0.3, 0.4) is 0 Å². The predicted octanol–water partition coefficient (Wildman–Crippen LogP) is 5.96. The maximum absolute atomic E-state index is 13.4. The van der Waals surface area contributed by atoms with E-state index in [0.717, 1.165) is 22.4 Å². The Hall–Kier alpha value is -3.46. The summed E-state index contributed by atoms with van der Waals surface area (Å²) in [5.41, 5.74) is 0.442. The molecule has 164 valence electrons. The Morgan fingerprint density at radius 1 is 1.12 bits per heavy atom. The van der Waals surface area contributed by atoms with Gasteiger partial charge in [-0.1, -0.05) is 23.5 Å². The third-order valence-electron chi connectivity index (χ3n) is 4.64.